The number of hydrogen-bond acceptors (Lipinski definition) is 4. The number of aryl methyl sites for hydroxylation is 1. The van der Waals surface area contributed by atoms with Crippen molar-refractivity contribution in [2.24, 2.45) is 5.73 Å². The van der Waals surface area contributed by atoms with Crippen molar-refractivity contribution < 1.29 is 13.9 Å². The zero-order valence-electron chi connectivity index (χ0n) is 15.2. The van der Waals surface area contributed by atoms with Crippen LogP contribution in [0, 0.1) is 12.7 Å². The maximum Gasteiger partial charge on any atom is 0.255 e. The number of ether oxygens (including phenoxy) is 1. The summed E-state index contributed by atoms with van der Waals surface area (Å²) in [5.74, 6) is -0.534. The minimum Gasteiger partial charge on any atom is -0.493 e. The molecule has 0 bridgehead atoms. The molecule has 2 aromatic carbocycles. The summed E-state index contributed by atoms with van der Waals surface area (Å²) in [7, 11) is 0. The van der Waals surface area contributed by atoms with Crippen molar-refractivity contribution in [1.82, 2.24) is 10.3 Å². The van der Waals surface area contributed by atoms with Gasteiger partial charge in [0.25, 0.3) is 5.91 Å². The first kappa shape index (κ1) is 18.8. The number of nitrogens with zero attached hydrogens (tertiary/aromatic N) is 1. The van der Waals surface area contributed by atoms with Crippen molar-refractivity contribution >= 4 is 16.8 Å². The molecule has 0 aliphatic heterocycles. The van der Waals surface area contributed by atoms with E-state index in [1.54, 1.807) is 6.20 Å². The van der Waals surface area contributed by atoms with Crippen LogP contribution < -0.4 is 15.8 Å². The molecule has 1 heterocycles. The minimum atomic E-state index is -0.489. The third kappa shape index (κ3) is 4.41. The summed E-state index contributed by atoms with van der Waals surface area (Å²) in [6, 6.07) is 11.7. The molecular formula is C21H22FN3O2. The van der Waals surface area contributed by atoms with Crippen molar-refractivity contribution in [3.05, 3.63) is 71.2 Å². The number of amides is 1. The highest BCUT2D eigenvalue weighted by Gasteiger charge is 2.15. The number of nitrogens with one attached hydrogen (secondary N) is 1. The number of aromatic nitrogens is 1. The second kappa shape index (κ2) is 8.60. The SMILES string of the molecule is Cc1ccc2ncccc2c1CNC(=O)c1cc(F)ccc1OCCCN. The van der Waals surface area contributed by atoms with Crippen molar-refractivity contribution in [3.8, 4) is 5.75 Å². The van der Waals surface area contributed by atoms with Crippen LogP contribution in [0.2, 0.25) is 0 Å². The quantitative estimate of drug-likeness (QED) is 0.628. The number of benzene rings is 2. The van der Waals surface area contributed by atoms with Crippen LogP contribution in [0.1, 0.15) is 27.9 Å². The Morgan fingerprint density at radius 2 is 2.11 bits per heavy atom. The van der Waals surface area contributed by atoms with E-state index in [2.05, 4.69) is 10.3 Å². The Kier molecular flexibility index (Phi) is 5.98. The lowest BCUT2D eigenvalue weighted by Gasteiger charge is -2.14. The number of pyridine rings is 1. The second-order valence-electron chi connectivity index (χ2n) is 6.24. The normalized spacial score (nSPS) is 10.8. The number of hydrogen-bond donors (Lipinski definition) is 2. The van der Waals surface area contributed by atoms with Crippen LogP contribution in [0.15, 0.2) is 48.7 Å². The first-order valence-electron chi connectivity index (χ1n) is 8.84. The average molecular weight is 367 g/mol. The summed E-state index contributed by atoms with van der Waals surface area (Å²) in [4.78, 5) is 17.0. The molecule has 0 saturated carbocycles. The summed E-state index contributed by atoms with van der Waals surface area (Å²) in [5.41, 5.74) is 8.53. The van der Waals surface area contributed by atoms with Gasteiger partial charge < -0.3 is 15.8 Å². The minimum absolute atomic E-state index is 0.169. The fourth-order valence-electron chi connectivity index (χ4n) is 2.89. The standard InChI is InChI=1S/C21H22FN3O2/c1-14-5-7-19-16(4-2-10-24-19)18(14)13-25-21(26)17-12-15(22)6-8-20(17)27-11-3-9-23/h2,4-8,10,12H,3,9,11,13,23H2,1H3,(H,25,26). The van der Waals surface area contributed by atoms with E-state index in [1.807, 2.05) is 31.2 Å². The molecule has 3 N–H and O–H groups in total. The molecule has 6 heteroatoms. The Morgan fingerprint density at radius 1 is 1.26 bits per heavy atom. The van der Waals surface area contributed by atoms with Gasteiger partial charge in [0.15, 0.2) is 0 Å². The molecule has 0 atom stereocenters. The lowest BCUT2D eigenvalue weighted by atomic mass is 10.0. The molecule has 0 spiro atoms. The zero-order chi connectivity index (χ0) is 19.2. The smallest absolute Gasteiger partial charge is 0.255 e. The average Bonchev–Trinajstić information content (AvgIpc) is 2.68. The Balaban J connectivity index is 1.81. The fraction of sp³-hybridized carbons (Fsp3) is 0.238. The third-order valence-electron chi connectivity index (χ3n) is 4.35. The van der Waals surface area contributed by atoms with Gasteiger partial charge in [0.2, 0.25) is 0 Å². The summed E-state index contributed by atoms with van der Waals surface area (Å²) in [5, 5.41) is 3.85. The van der Waals surface area contributed by atoms with Crippen molar-refractivity contribution in [1.29, 1.82) is 0 Å². The van der Waals surface area contributed by atoms with Crippen LogP contribution >= 0.6 is 0 Å². The van der Waals surface area contributed by atoms with Gasteiger partial charge in [0, 0.05) is 18.1 Å². The highest BCUT2D eigenvalue weighted by Crippen LogP contribution is 2.22. The van der Waals surface area contributed by atoms with Gasteiger partial charge in [-0.3, -0.25) is 9.78 Å². The van der Waals surface area contributed by atoms with E-state index >= 15 is 0 Å². The number of fused-ring (bicyclic) bond motifs is 1. The maximum absolute atomic E-state index is 13.7. The van der Waals surface area contributed by atoms with E-state index in [1.165, 1.54) is 18.2 Å². The summed E-state index contributed by atoms with van der Waals surface area (Å²) in [6.07, 6.45) is 2.39. The molecule has 0 aliphatic carbocycles. The number of carbonyl (C=O) groups is 1. The first-order valence-corrected chi connectivity index (χ1v) is 8.84. The summed E-state index contributed by atoms with van der Waals surface area (Å²) in [6.45, 7) is 3.15. The number of carbonyl (C=O) groups excluding carboxylic acids is 1. The van der Waals surface area contributed by atoms with Crippen molar-refractivity contribution in [2.75, 3.05) is 13.2 Å². The summed E-state index contributed by atoms with van der Waals surface area (Å²) >= 11 is 0. The van der Waals surface area contributed by atoms with Crippen molar-refractivity contribution in [2.45, 2.75) is 19.9 Å². The highest BCUT2D eigenvalue weighted by molar-refractivity contribution is 5.97. The number of halogens is 1. The molecule has 0 radical (unpaired) electrons. The van der Waals surface area contributed by atoms with Crippen LogP contribution in [-0.2, 0) is 6.54 Å². The molecule has 0 aliphatic rings. The first-order chi connectivity index (χ1) is 13.1. The molecular weight excluding hydrogens is 345 g/mol. The summed E-state index contributed by atoms with van der Waals surface area (Å²) < 4.78 is 19.2. The largest absolute Gasteiger partial charge is 0.493 e. The van der Waals surface area contributed by atoms with Crippen LogP contribution in [0.4, 0.5) is 4.39 Å². The lowest BCUT2D eigenvalue weighted by Crippen LogP contribution is -2.24. The number of nitrogens with two attached hydrogens (primary N) is 1. The topological polar surface area (TPSA) is 77.2 Å². The molecule has 27 heavy (non-hydrogen) atoms. The Labute approximate surface area is 157 Å². The molecule has 3 rings (SSSR count). The van der Waals surface area contributed by atoms with Crippen LogP contribution in [0.25, 0.3) is 10.9 Å². The van der Waals surface area contributed by atoms with Gasteiger partial charge in [-0.05, 0) is 61.3 Å². The lowest BCUT2D eigenvalue weighted by molar-refractivity contribution is 0.0946. The predicted molar refractivity (Wildman–Crippen MR) is 103 cm³/mol. The van der Waals surface area contributed by atoms with Gasteiger partial charge in [0.1, 0.15) is 11.6 Å². The highest BCUT2D eigenvalue weighted by atomic mass is 19.1. The van der Waals surface area contributed by atoms with Crippen LogP contribution in [-0.4, -0.2) is 24.0 Å². The van der Waals surface area contributed by atoms with E-state index in [9.17, 15) is 9.18 Å². The van der Waals surface area contributed by atoms with Gasteiger partial charge in [0.05, 0.1) is 17.7 Å². The monoisotopic (exact) mass is 367 g/mol. The molecule has 140 valence electrons. The Bertz CT molecular complexity index is 959. The fourth-order valence-corrected chi connectivity index (χ4v) is 2.89. The number of rotatable bonds is 7. The van der Waals surface area contributed by atoms with Crippen LogP contribution in [0.3, 0.4) is 0 Å². The Morgan fingerprint density at radius 3 is 2.93 bits per heavy atom. The second-order valence-corrected chi connectivity index (χ2v) is 6.24. The third-order valence-corrected chi connectivity index (χ3v) is 4.35. The van der Waals surface area contributed by atoms with E-state index in [4.69, 9.17) is 10.5 Å². The molecule has 0 saturated heterocycles. The zero-order valence-corrected chi connectivity index (χ0v) is 15.2. The molecule has 0 fully saturated rings. The molecule has 3 aromatic rings. The van der Waals surface area contributed by atoms with Gasteiger partial charge in [-0.2, -0.15) is 0 Å². The van der Waals surface area contributed by atoms with E-state index in [0.717, 1.165) is 22.0 Å². The van der Waals surface area contributed by atoms with E-state index in [-0.39, 0.29) is 5.56 Å². The molecule has 5 nitrogen and oxygen atoms in total. The van der Waals surface area contributed by atoms with Crippen LogP contribution in [0.5, 0.6) is 5.75 Å². The molecule has 1 aromatic heterocycles. The van der Waals surface area contributed by atoms with Gasteiger partial charge in [-0.1, -0.05) is 12.1 Å². The van der Waals surface area contributed by atoms with Gasteiger partial charge >= 0.3 is 0 Å². The van der Waals surface area contributed by atoms with Gasteiger partial charge in [-0.25, -0.2) is 4.39 Å². The maximum atomic E-state index is 13.7. The predicted octanol–water partition coefficient (Wildman–Crippen LogP) is 3.34. The molecule has 0 unspecified atom stereocenters. The Hall–Kier alpha value is -2.99. The van der Waals surface area contributed by atoms with Crippen molar-refractivity contribution in [3.63, 3.8) is 0 Å². The van der Waals surface area contributed by atoms with E-state index in [0.29, 0.717) is 31.9 Å². The van der Waals surface area contributed by atoms with Gasteiger partial charge in [-0.15, -0.1) is 0 Å². The molecule has 1 amide bonds. The van der Waals surface area contributed by atoms with E-state index < -0.39 is 11.7 Å².